The van der Waals surface area contributed by atoms with Crippen LogP contribution in [-0.4, -0.2) is 17.2 Å². The molecule has 1 fully saturated rings. The number of ether oxygens (including phenoxy) is 1. The van der Waals surface area contributed by atoms with Gasteiger partial charge in [-0.05, 0) is 37.8 Å². The third-order valence-corrected chi connectivity index (χ3v) is 3.37. The fourth-order valence-corrected chi connectivity index (χ4v) is 2.27. The summed E-state index contributed by atoms with van der Waals surface area (Å²) >= 11 is 6.22. The third kappa shape index (κ3) is 3.85. The maximum Gasteiger partial charge on any atom is 0.303 e. The third-order valence-electron chi connectivity index (χ3n) is 3.09. The van der Waals surface area contributed by atoms with E-state index in [0.717, 1.165) is 24.0 Å². The van der Waals surface area contributed by atoms with Gasteiger partial charge in [-0.25, -0.2) is 0 Å². The molecule has 0 aromatic heterocycles. The molecule has 0 bridgehead atoms. The Morgan fingerprint density at radius 3 is 2.84 bits per heavy atom. The summed E-state index contributed by atoms with van der Waals surface area (Å²) in [7, 11) is 0. The molecule has 1 unspecified atom stereocenters. The number of carbonyl (C=O) groups is 1. The molecule has 3 N–H and O–H groups in total. The van der Waals surface area contributed by atoms with Crippen LogP contribution in [0.5, 0.6) is 5.75 Å². The van der Waals surface area contributed by atoms with Gasteiger partial charge in [0, 0.05) is 18.0 Å². The average Bonchev–Trinajstić information content (AvgIpc) is 3.13. The number of aryl methyl sites for hydroxylation is 1. The van der Waals surface area contributed by atoms with Crippen LogP contribution in [0.4, 0.5) is 0 Å². The highest BCUT2D eigenvalue weighted by molar-refractivity contribution is 6.32. The number of benzene rings is 1. The molecule has 1 atom stereocenters. The normalized spacial score (nSPS) is 16.2. The van der Waals surface area contributed by atoms with Crippen molar-refractivity contribution in [1.29, 1.82) is 0 Å². The first-order chi connectivity index (χ1) is 8.97. The largest absolute Gasteiger partial charge is 0.489 e. The lowest BCUT2D eigenvalue weighted by Gasteiger charge is -2.18. The predicted molar refractivity (Wildman–Crippen MR) is 73.6 cm³/mol. The van der Waals surface area contributed by atoms with Crippen LogP contribution >= 0.6 is 11.6 Å². The van der Waals surface area contributed by atoms with Crippen molar-refractivity contribution in [2.45, 2.75) is 44.8 Å². The van der Waals surface area contributed by atoms with Gasteiger partial charge in [0.1, 0.15) is 5.75 Å². The van der Waals surface area contributed by atoms with Gasteiger partial charge in [0.05, 0.1) is 11.1 Å². The summed E-state index contributed by atoms with van der Waals surface area (Å²) in [6, 6.07) is 3.39. The molecule has 19 heavy (non-hydrogen) atoms. The van der Waals surface area contributed by atoms with Crippen LogP contribution in [0.3, 0.4) is 0 Å². The Bertz CT molecular complexity index is 486. The second-order valence-corrected chi connectivity index (χ2v) is 5.43. The number of aliphatic carboxylic acids is 1. The van der Waals surface area contributed by atoms with Gasteiger partial charge in [-0.1, -0.05) is 17.7 Å². The Kier molecular flexibility index (Phi) is 4.32. The van der Waals surface area contributed by atoms with Crippen molar-refractivity contribution >= 4 is 17.6 Å². The zero-order valence-corrected chi connectivity index (χ0v) is 11.6. The first-order valence-electron chi connectivity index (χ1n) is 6.41. The summed E-state index contributed by atoms with van der Waals surface area (Å²) in [5.74, 6) is -0.230. The van der Waals surface area contributed by atoms with Crippen LogP contribution in [0.2, 0.25) is 5.02 Å². The Balaban J connectivity index is 2.22. The maximum atomic E-state index is 10.6. The lowest BCUT2D eigenvalue weighted by atomic mass is 10.00. The molecule has 1 aliphatic rings. The van der Waals surface area contributed by atoms with E-state index in [0.29, 0.717) is 17.2 Å². The molecule has 0 saturated heterocycles. The van der Waals surface area contributed by atoms with Crippen molar-refractivity contribution in [3.05, 3.63) is 28.3 Å². The highest BCUT2D eigenvalue weighted by atomic mass is 35.5. The van der Waals surface area contributed by atoms with Crippen LogP contribution in [-0.2, 0) is 4.79 Å². The standard InChI is InChI=1S/C14H18ClNO3/c1-8-6-10(12(16)4-5-13(17)18)14(11(15)7-8)19-9-2-3-9/h6-7,9,12H,2-5,16H2,1H3,(H,17,18). The number of hydrogen-bond donors (Lipinski definition) is 2. The molecule has 1 aliphatic carbocycles. The molecule has 0 aliphatic heterocycles. The summed E-state index contributed by atoms with van der Waals surface area (Å²) in [6.07, 6.45) is 2.71. The van der Waals surface area contributed by atoms with E-state index in [1.54, 1.807) is 0 Å². The van der Waals surface area contributed by atoms with Crippen molar-refractivity contribution in [2.24, 2.45) is 5.73 Å². The van der Waals surface area contributed by atoms with Crippen molar-refractivity contribution in [3.8, 4) is 5.75 Å². The lowest BCUT2D eigenvalue weighted by molar-refractivity contribution is -0.137. The van der Waals surface area contributed by atoms with E-state index in [1.165, 1.54) is 0 Å². The van der Waals surface area contributed by atoms with Crippen molar-refractivity contribution < 1.29 is 14.6 Å². The smallest absolute Gasteiger partial charge is 0.303 e. The molecular formula is C14H18ClNO3. The lowest BCUT2D eigenvalue weighted by Crippen LogP contribution is -2.15. The molecule has 0 heterocycles. The van der Waals surface area contributed by atoms with Gasteiger partial charge >= 0.3 is 5.97 Å². The number of rotatable bonds is 6. The van der Waals surface area contributed by atoms with E-state index in [2.05, 4.69) is 0 Å². The minimum Gasteiger partial charge on any atom is -0.489 e. The van der Waals surface area contributed by atoms with Crippen molar-refractivity contribution in [3.63, 3.8) is 0 Å². The van der Waals surface area contributed by atoms with E-state index in [1.807, 2.05) is 19.1 Å². The van der Waals surface area contributed by atoms with Gasteiger partial charge in [0.25, 0.3) is 0 Å². The van der Waals surface area contributed by atoms with E-state index in [-0.39, 0.29) is 18.6 Å². The molecular weight excluding hydrogens is 266 g/mol. The average molecular weight is 284 g/mol. The monoisotopic (exact) mass is 283 g/mol. The van der Waals surface area contributed by atoms with Gasteiger partial charge in [-0.15, -0.1) is 0 Å². The first kappa shape index (κ1) is 14.2. The number of carboxylic acids is 1. The van der Waals surface area contributed by atoms with Crippen molar-refractivity contribution in [2.75, 3.05) is 0 Å². The van der Waals surface area contributed by atoms with Gasteiger partial charge < -0.3 is 15.6 Å². The fourth-order valence-electron chi connectivity index (χ4n) is 1.94. The van der Waals surface area contributed by atoms with Crippen molar-refractivity contribution in [1.82, 2.24) is 0 Å². The first-order valence-corrected chi connectivity index (χ1v) is 6.79. The molecule has 1 aromatic carbocycles. The Morgan fingerprint density at radius 2 is 2.26 bits per heavy atom. The fraction of sp³-hybridized carbons (Fsp3) is 0.500. The Hall–Kier alpha value is -1.26. The molecule has 1 aromatic rings. The molecule has 2 rings (SSSR count). The number of halogens is 1. The Labute approximate surface area is 117 Å². The molecule has 104 valence electrons. The second-order valence-electron chi connectivity index (χ2n) is 5.02. The SMILES string of the molecule is Cc1cc(Cl)c(OC2CC2)c(C(N)CCC(=O)O)c1. The van der Waals surface area contributed by atoms with Crippen LogP contribution in [0, 0.1) is 6.92 Å². The summed E-state index contributed by atoms with van der Waals surface area (Å²) in [6.45, 7) is 1.93. The highest BCUT2D eigenvalue weighted by Gasteiger charge is 2.27. The van der Waals surface area contributed by atoms with Crippen LogP contribution < -0.4 is 10.5 Å². The number of nitrogens with two attached hydrogens (primary N) is 1. The van der Waals surface area contributed by atoms with E-state index in [9.17, 15) is 4.79 Å². The van der Waals surface area contributed by atoms with E-state index < -0.39 is 5.97 Å². The van der Waals surface area contributed by atoms with E-state index >= 15 is 0 Å². The molecule has 0 amide bonds. The summed E-state index contributed by atoms with van der Waals surface area (Å²) in [5, 5.41) is 9.28. The zero-order valence-electron chi connectivity index (χ0n) is 10.9. The molecule has 0 spiro atoms. The van der Waals surface area contributed by atoms with Gasteiger partial charge in [0.2, 0.25) is 0 Å². The highest BCUT2D eigenvalue weighted by Crippen LogP contribution is 2.38. The second kappa shape index (κ2) is 5.80. The van der Waals surface area contributed by atoms with Crippen LogP contribution in [0.1, 0.15) is 42.9 Å². The van der Waals surface area contributed by atoms with Crippen LogP contribution in [0.15, 0.2) is 12.1 Å². The number of hydrogen-bond acceptors (Lipinski definition) is 3. The van der Waals surface area contributed by atoms with Gasteiger partial charge in [0.15, 0.2) is 0 Å². The number of carboxylic acid groups (broad SMARTS) is 1. The van der Waals surface area contributed by atoms with Gasteiger partial charge in [-0.3, -0.25) is 4.79 Å². The molecule has 4 nitrogen and oxygen atoms in total. The van der Waals surface area contributed by atoms with E-state index in [4.69, 9.17) is 27.2 Å². The van der Waals surface area contributed by atoms with Gasteiger partial charge in [-0.2, -0.15) is 0 Å². The molecule has 0 radical (unpaired) electrons. The molecule has 1 saturated carbocycles. The minimum atomic E-state index is -0.848. The minimum absolute atomic E-state index is 0.0373. The topological polar surface area (TPSA) is 72.5 Å². The summed E-state index contributed by atoms with van der Waals surface area (Å²) in [4.78, 5) is 10.6. The Morgan fingerprint density at radius 1 is 1.58 bits per heavy atom. The quantitative estimate of drug-likeness (QED) is 0.841. The predicted octanol–water partition coefficient (Wildman–Crippen LogP) is 3.05. The van der Waals surface area contributed by atoms with Crippen LogP contribution in [0.25, 0.3) is 0 Å². The summed E-state index contributed by atoms with van der Waals surface area (Å²) < 4.78 is 5.81. The maximum absolute atomic E-state index is 10.6. The summed E-state index contributed by atoms with van der Waals surface area (Å²) in [5.41, 5.74) is 7.87. The molecule has 5 heteroatoms. The zero-order chi connectivity index (χ0) is 14.0.